The summed E-state index contributed by atoms with van der Waals surface area (Å²) in [5.74, 6) is -5.27. The minimum Gasteiger partial charge on any atom is -0.481 e. The molecule has 0 spiro atoms. The van der Waals surface area contributed by atoms with E-state index < -0.39 is 35.7 Å². The van der Waals surface area contributed by atoms with Crippen LogP contribution in [0.1, 0.15) is 110 Å². The third-order valence-electron chi connectivity index (χ3n) is 8.03. The van der Waals surface area contributed by atoms with Crippen molar-refractivity contribution in [3.8, 4) is 0 Å². The minimum absolute atomic E-state index is 0.167. The van der Waals surface area contributed by atoms with Gasteiger partial charge in [0.1, 0.15) is 0 Å². The van der Waals surface area contributed by atoms with Crippen LogP contribution in [0.2, 0.25) is 0 Å². The van der Waals surface area contributed by atoms with Gasteiger partial charge in [-0.05, 0) is 49.4 Å². The third kappa shape index (κ3) is 11.0. The molecule has 0 radical (unpaired) electrons. The van der Waals surface area contributed by atoms with Crippen LogP contribution in [0.4, 0.5) is 0 Å². The predicted octanol–water partition coefficient (Wildman–Crippen LogP) is 5.93. The molecule has 0 saturated heterocycles. The first-order valence-electron chi connectivity index (χ1n) is 13.5. The Kier molecular flexibility index (Phi) is 14.6. The van der Waals surface area contributed by atoms with E-state index in [9.17, 15) is 19.2 Å². The summed E-state index contributed by atoms with van der Waals surface area (Å²) in [5.41, 5.74) is 0. The van der Waals surface area contributed by atoms with Gasteiger partial charge in [0.25, 0.3) is 0 Å². The SMILES string of the molecule is CCCC1CCCC(C)C(CCCCCC(C(=O)O)C(=O)O)C1CCCCCC(C(=O)O)C(=O)O. The van der Waals surface area contributed by atoms with E-state index in [0.717, 1.165) is 44.9 Å². The van der Waals surface area contributed by atoms with Crippen molar-refractivity contribution in [2.45, 2.75) is 110 Å². The normalized spacial score (nSPS) is 22.7. The van der Waals surface area contributed by atoms with E-state index in [1.54, 1.807) is 0 Å². The van der Waals surface area contributed by atoms with E-state index in [1.807, 2.05) is 0 Å². The lowest BCUT2D eigenvalue weighted by Gasteiger charge is -2.35. The molecule has 1 aliphatic carbocycles. The molecule has 0 bridgehead atoms. The zero-order valence-corrected chi connectivity index (χ0v) is 21.5. The highest BCUT2D eigenvalue weighted by molar-refractivity contribution is 5.93. The molecule has 1 aliphatic rings. The van der Waals surface area contributed by atoms with Crippen LogP contribution < -0.4 is 0 Å². The van der Waals surface area contributed by atoms with Crippen molar-refractivity contribution in [1.29, 1.82) is 0 Å². The van der Waals surface area contributed by atoms with Gasteiger partial charge in [0.05, 0.1) is 0 Å². The van der Waals surface area contributed by atoms with Gasteiger partial charge in [0.2, 0.25) is 0 Å². The van der Waals surface area contributed by atoms with Gasteiger partial charge in [-0.25, -0.2) is 0 Å². The van der Waals surface area contributed by atoms with Crippen molar-refractivity contribution >= 4 is 23.9 Å². The first-order chi connectivity index (χ1) is 16.6. The zero-order valence-electron chi connectivity index (χ0n) is 21.5. The van der Waals surface area contributed by atoms with E-state index in [1.165, 1.54) is 25.7 Å². The lowest BCUT2D eigenvalue weighted by atomic mass is 9.70. The molecular weight excluding hydrogens is 452 g/mol. The van der Waals surface area contributed by atoms with Gasteiger partial charge < -0.3 is 20.4 Å². The van der Waals surface area contributed by atoms with Gasteiger partial charge in [0, 0.05) is 0 Å². The summed E-state index contributed by atoms with van der Waals surface area (Å²) >= 11 is 0. The molecule has 1 fully saturated rings. The first kappa shape index (κ1) is 30.9. The van der Waals surface area contributed by atoms with Crippen LogP contribution in [0.25, 0.3) is 0 Å². The number of hydrogen-bond acceptors (Lipinski definition) is 4. The lowest BCUT2D eigenvalue weighted by Crippen LogP contribution is -2.26. The minimum atomic E-state index is -1.32. The standard InChI is InChI=1S/C27H46O8/c1-3-11-19-13-10-12-18(2)20(14-6-4-8-16-22(24(28)29)25(30)31)21(19)15-7-5-9-17-23(26(32)33)27(34)35/h18-23H,3-17H2,1-2H3,(H,28,29)(H,30,31)(H,32,33)(H,34,35). The third-order valence-corrected chi connectivity index (χ3v) is 8.03. The highest BCUT2D eigenvalue weighted by atomic mass is 16.4. The molecule has 4 N–H and O–H groups in total. The maximum atomic E-state index is 11.1. The van der Waals surface area contributed by atoms with Crippen molar-refractivity contribution in [3.05, 3.63) is 0 Å². The maximum Gasteiger partial charge on any atom is 0.317 e. The lowest BCUT2D eigenvalue weighted by molar-refractivity contribution is -0.156. The molecule has 1 saturated carbocycles. The van der Waals surface area contributed by atoms with E-state index >= 15 is 0 Å². The van der Waals surface area contributed by atoms with Crippen LogP contribution in [-0.4, -0.2) is 44.3 Å². The second-order valence-electron chi connectivity index (χ2n) is 10.5. The highest BCUT2D eigenvalue weighted by Crippen LogP contribution is 2.44. The Morgan fingerprint density at radius 1 is 0.657 bits per heavy atom. The second kappa shape index (κ2) is 16.5. The number of carboxylic acid groups (broad SMARTS) is 4. The van der Waals surface area contributed by atoms with Gasteiger partial charge in [-0.1, -0.05) is 84.5 Å². The summed E-state index contributed by atoms with van der Waals surface area (Å²) < 4.78 is 0. The Bertz CT molecular complexity index is 648. The Labute approximate surface area is 209 Å². The van der Waals surface area contributed by atoms with Gasteiger partial charge >= 0.3 is 23.9 Å². The van der Waals surface area contributed by atoms with Crippen molar-refractivity contribution in [1.82, 2.24) is 0 Å². The van der Waals surface area contributed by atoms with Crippen LogP contribution in [0, 0.1) is 35.5 Å². The van der Waals surface area contributed by atoms with Crippen molar-refractivity contribution in [2.75, 3.05) is 0 Å². The fourth-order valence-electron chi connectivity index (χ4n) is 6.10. The number of carboxylic acids is 4. The molecule has 8 heteroatoms. The average molecular weight is 499 g/mol. The van der Waals surface area contributed by atoms with E-state index in [2.05, 4.69) is 13.8 Å². The quantitative estimate of drug-likeness (QED) is 0.103. The molecule has 0 aliphatic heterocycles. The zero-order chi connectivity index (χ0) is 26.4. The summed E-state index contributed by atoms with van der Waals surface area (Å²) in [4.78, 5) is 44.4. The first-order valence-corrected chi connectivity index (χ1v) is 13.5. The van der Waals surface area contributed by atoms with Gasteiger partial charge in [0.15, 0.2) is 11.8 Å². The van der Waals surface area contributed by atoms with Crippen molar-refractivity contribution < 1.29 is 39.6 Å². The largest absolute Gasteiger partial charge is 0.481 e. The molecule has 0 aromatic heterocycles. The summed E-state index contributed by atoms with van der Waals surface area (Å²) in [6.07, 6.45) is 13.3. The number of aliphatic carboxylic acids is 4. The van der Waals surface area contributed by atoms with Crippen LogP contribution in [0.5, 0.6) is 0 Å². The smallest absolute Gasteiger partial charge is 0.317 e. The van der Waals surface area contributed by atoms with Crippen molar-refractivity contribution in [2.24, 2.45) is 35.5 Å². The number of unbranched alkanes of at least 4 members (excludes halogenated alkanes) is 4. The van der Waals surface area contributed by atoms with Gasteiger partial charge in [-0.15, -0.1) is 0 Å². The molecule has 4 atom stereocenters. The molecule has 0 heterocycles. The van der Waals surface area contributed by atoms with E-state index in [0.29, 0.717) is 36.5 Å². The monoisotopic (exact) mass is 498 g/mol. The maximum absolute atomic E-state index is 11.1. The van der Waals surface area contributed by atoms with Gasteiger partial charge in [-0.2, -0.15) is 0 Å². The molecule has 35 heavy (non-hydrogen) atoms. The predicted molar refractivity (Wildman–Crippen MR) is 132 cm³/mol. The topological polar surface area (TPSA) is 149 Å². The molecule has 202 valence electrons. The highest BCUT2D eigenvalue weighted by Gasteiger charge is 2.34. The average Bonchev–Trinajstić information content (AvgIpc) is 2.90. The summed E-state index contributed by atoms with van der Waals surface area (Å²) in [6, 6.07) is 0. The fourth-order valence-corrected chi connectivity index (χ4v) is 6.10. The molecular formula is C27H46O8. The van der Waals surface area contributed by atoms with Crippen molar-refractivity contribution in [3.63, 3.8) is 0 Å². The molecule has 8 nitrogen and oxygen atoms in total. The molecule has 0 amide bonds. The molecule has 1 rings (SSSR count). The van der Waals surface area contributed by atoms with E-state index in [-0.39, 0.29) is 12.8 Å². The van der Waals surface area contributed by atoms with Crippen LogP contribution in [0.15, 0.2) is 0 Å². The number of rotatable bonds is 18. The van der Waals surface area contributed by atoms with Crippen LogP contribution in [-0.2, 0) is 19.2 Å². The summed E-state index contributed by atoms with van der Waals surface area (Å²) in [5, 5.41) is 36.2. The van der Waals surface area contributed by atoms with Crippen LogP contribution >= 0.6 is 0 Å². The summed E-state index contributed by atoms with van der Waals surface area (Å²) in [6.45, 7) is 4.56. The summed E-state index contributed by atoms with van der Waals surface area (Å²) in [7, 11) is 0. The van der Waals surface area contributed by atoms with Crippen LogP contribution in [0.3, 0.4) is 0 Å². The molecule has 4 unspecified atom stereocenters. The Morgan fingerprint density at radius 2 is 1.11 bits per heavy atom. The number of carbonyl (C=O) groups is 4. The Morgan fingerprint density at radius 3 is 1.54 bits per heavy atom. The fraction of sp³-hybridized carbons (Fsp3) is 0.852. The van der Waals surface area contributed by atoms with E-state index in [4.69, 9.17) is 20.4 Å². The Balaban J connectivity index is 2.65. The van der Waals surface area contributed by atoms with Gasteiger partial charge in [-0.3, -0.25) is 19.2 Å². The molecule has 0 aromatic carbocycles. The molecule has 0 aromatic rings. The second-order valence-corrected chi connectivity index (χ2v) is 10.5. The number of hydrogen-bond donors (Lipinski definition) is 4. The Hall–Kier alpha value is -2.12.